The lowest BCUT2D eigenvalue weighted by Gasteiger charge is -2.32. The third-order valence-electron chi connectivity index (χ3n) is 5.46. The summed E-state index contributed by atoms with van der Waals surface area (Å²) >= 11 is 0. The van der Waals surface area contributed by atoms with Crippen molar-refractivity contribution < 1.29 is 8.78 Å². The van der Waals surface area contributed by atoms with E-state index in [2.05, 4.69) is 4.98 Å². The lowest BCUT2D eigenvalue weighted by Crippen LogP contribution is -2.40. The number of hydrogen-bond donors (Lipinski definition) is 0. The molecule has 0 radical (unpaired) electrons. The zero-order chi connectivity index (χ0) is 21.3. The number of alkyl halides is 2. The monoisotopic (exact) mass is 417 g/mol. The summed E-state index contributed by atoms with van der Waals surface area (Å²) < 4.78 is 29.2. The molecule has 2 aromatic heterocycles. The van der Waals surface area contributed by atoms with Gasteiger partial charge in [0, 0.05) is 55.5 Å². The van der Waals surface area contributed by atoms with Crippen LogP contribution in [0.1, 0.15) is 24.0 Å². The molecule has 1 saturated heterocycles. The van der Waals surface area contributed by atoms with Crippen molar-refractivity contribution >= 4 is 23.1 Å². The molecule has 5 rings (SSSR count). The SMILES string of the molecule is FC1(F)CCN(c2nc(N=C(c3ccccc3)c3ccccc3)cc3nccn23)CC1. The number of benzene rings is 2. The maximum atomic E-state index is 13.7. The number of piperidine rings is 1. The fourth-order valence-electron chi connectivity index (χ4n) is 3.81. The minimum Gasteiger partial charge on any atom is -0.341 e. The molecule has 0 spiro atoms. The van der Waals surface area contributed by atoms with Crippen molar-refractivity contribution in [1.82, 2.24) is 14.4 Å². The Morgan fingerprint density at radius 3 is 2.13 bits per heavy atom. The quantitative estimate of drug-likeness (QED) is 0.432. The summed E-state index contributed by atoms with van der Waals surface area (Å²) in [5, 5.41) is 0. The molecule has 0 N–H and O–H groups in total. The van der Waals surface area contributed by atoms with E-state index < -0.39 is 5.92 Å². The molecular formula is C24H21F2N5. The summed E-state index contributed by atoms with van der Waals surface area (Å²) in [4.78, 5) is 15.9. The summed E-state index contributed by atoms with van der Waals surface area (Å²) in [5.74, 6) is -1.54. The Balaban J connectivity index is 1.61. The lowest BCUT2D eigenvalue weighted by molar-refractivity contribution is -0.0222. The van der Waals surface area contributed by atoms with Crippen LogP contribution in [0.3, 0.4) is 0 Å². The fraction of sp³-hybridized carbons (Fsp3) is 0.208. The Bertz CT molecular complexity index is 1170. The van der Waals surface area contributed by atoms with E-state index in [1.54, 1.807) is 12.4 Å². The van der Waals surface area contributed by atoms with Gasteiger partial charge in [0.25, 0.3) is 5.92 Å². The van der Waals surface area contributed by atoms with Gasteiger partial charge in [0.15, 0.2) is 5.82 Å². The molecule has 0 aliphatic carbocycles. The second-order valence-electron chi connectivity index (χ2n) is 7.61. The molecule has 4 aromatic rings. The summed E-state index contributed by atoms with van der Waals surface area (Å²) in [6.07, 6.45) is 3.12. The van der Waals surface area contributed by atoms with Gasteiger partial charge < -0.3 is 4.90 Å². The molecule has 5 nitrogen and oxygen atoms in total. The second kappa shape index (κ2) is 7.91. The standard InChI is InChI=1S/C24H21F2N5/c25-24(26)11-14-30(15-12-24)23-29-20(17-21-27-13-16-31(21)23)28-22(18-7-3-1-4-8-18)19-9-5-2-6-10-19/h1-10,13,16-17H,11-12,14-15H2. The number of rotatable bonds is 4. The number of nitrogens with zero attached hydrogens (tertiary/aromatic N) is 5. The lowest BCUT2D eigenvalue weighted by atomic mass is 10.0. The second-order valence-corrected chi connectivity index (χ2v) is 7.61. The molecule has 3 heterocycles. The van der Waals surface area contributed by atoms with Crippen LogP contribution in [0.4, 0.5) is 20.5 Å². The van der Waals surface area contributed by atoms with E-state index in [1.165, 1.54) is 0 Å². The van der Waals surface area contributed by atoms with Crippen molar-refractivity contribution in [2.75, 3.05) is 18.0 Å². The van der Waals surface area contributed by atoms with Crippen molar-refractivity contribution in [2.24, 2.45) is 4.99 Å². The number of aliphatic imine (C=N–C) groups is 1. The molecule has 31 heavy (non-hydrogen) atoms. The number of anilines is 1. The van der Waals surface area contributed by atoms with E-state index in [0.29, 0.717) is 17.4 Å². The molecule has 1 aliphatic heterocycles. The Hall–Kier alpha value is -3.61. The van der Waals surface area contributed by atoms with Crippen LogP contribution in [0.5, 0.6) is 0 Å². The topological polar surface area (TPSA) is 45.8 Å². The van der Waals surface area contributed by atoms with E-state index in [4.69, 9.17) is 9.98 Å². The maximum Gasteiger partial charge on any atom is 0.251 e. The molecule has 2 aromatic carbocycles. The Morgan fingerprint density at radius 1 is 0.903 bits per heavy atom. The normalized spacial score (nSPS) is 15.7. The average molecular weight is 417 g/mol. The first-order valence-corrected chi connectivity index (χ1v) is 10.3. The van der Waals surface area contributed by atoms with Crippen molar-refractivity contribution in [3.63, 3.8) is 0 Å². The smallest absolute Gasteiger partial charge is 0.251 e. The first-order chi connectivity index (χ1) is 15.1. The Morgan fingerprint density at radius 2 is 1.52 bits per heavy atom. The number of hydrogen-bond acceptors (Lipinski definition) is 4. The van der Waals surface area contributed by atoms with Gasteiger partial charge in [0.2, 0.25) is 5.95 Å². The average Bonchev–Trinajstić information content (AvgIpc) is 3.27. The fourth-order valence-corrected chi connectivity index (χ4v) is 3.81. The molecule has 0 bridgehead atoms. The van der Waals surface area contributed by atoms with Crippen molar-refractivity contribution in [3.8, 4) is 0 Å². The van der Waals surface area contributed by atoms with Crippen LogP contribution in [-0.2, 0) is 0 Å². The van der Waals surface area contributed by atoms with Gasteiger partial charge >= 0.3 is 0 Å². The van der Waals surface area contributed by atoms with Gasteiger partial charge in [0.1, 0.15) is 5.65 Å². The van der Waals surface area contributed by atoms with Gasteiger partial charge in [-0.2, -0.15) is 4.98 Å². The summed E-state index contributed by atoms with van der Waals surface area (Å²) in [7, 11) is 0. The highest BCUT2D eigenvalue weighted by molar-refractivity contribution is 6.13. The molecule has 7 heteroatoms. The van der Waals surface area contributed by atoms with Crippen LogP contribution in [-0.4, -0.2) is 39.1 Å². The minimum absolute atomic E-state index is 0.183. The molecule has 1 aliphatic rings. The molecule has 0 amide bonds. The highest BCUT2D eigenvalue weighted by atomic mass is 19.3. The van der Waals surface area contributed by atoms with E-state index in [1.807, 2.05) is 76.0 Å². The van der Waals surface area contributed by atoms with E-state index in [0.717, 1.165) is 16.8 Å². The number of fused-ring (bicyclic) bond motifs is 1. The van der Waals surface area contributed by atoms with E-state index in [9.17, 15) is 8.78 Å². The molecule has 1 fully saturated rings. The van der Waals surface area contributed by atoms with Gasteiger partial charge in [-0.3, -0.25) is 4.40 Å². The zero-order valence-corrected chi connectivity index (χ0v) is 16.8. The van der Waals surface area contributed by atoms with Crippen molar-refractivity contribution in [3.05, 3.63) is 90.3 Å². The van der Waals surface area contributed by atoms with Crippen LogP contribution in [0.25, 0.3) is 5.65 Å². The zero-order valence-electron chi connectivity index (χ0n) is 16.8. The van der Waals surface area contributed by atoms with E-state index >= 15 is 0 Å². The van der Waals surface area contributed by atoms with Crippen LogP contribution in [0, 0.1) is 0 Å². The van der Waals surface area contributed by atoms with Crippen LogP contribution >= 0.6 is 0 Å². The minimum atomic E-state index is -2.62. The molecular weight excluding hydrogens is 396 g/mol. The first kappa shape index (κ1) is 19.4. The Kier molecular flexibility index (Phi) is 4.94. The highest BCUT2D eigenvalue weighted by Gasteiger charge is 2.35. The van der Waals surface area contributed by atoms with Crippen molar-refractivity contribution in [2.45, 2.75) is 18.8 Å². The van der Waals surface area contributed by atoms with Gasteiger partial charge in [-0.15, -0.1) is 0 Å². The third-order valence-corrected chi connectivity index (χ3v) is 5.46. The largest absolute Gasteiger partial charge is 0.341 e. The number of imidazole rings is 1. The predicted octanol–water partition coefficient (Wildman–Crippen LogP) is 5.13. The molecule has 0 atom stereocenters. The van der Waals surface area contributed by atoms with Crippen LogP contribution < -0.4 is 4.90 Å². The van der Waals surface area contributed by atoms with Crippen molar-refractivity contribution in [1.29, 1.82) is 0 Å². The van der Waals surface area contributed by atoms with Crippen LogP contribution in [0.2, 0.25) is 0 Å². The van der Waals surface area contributed by atoms with E-state index in [-0.39, 0.29) is 25.9 Å². The highest BCUT2D eigenvalue weighted by Crippen LogP contribution is 2.31. The Labute approximate surface area is 178 Å². The predicted molar refractivity (Wildman–Crippen MR) is 118 cm³/mol. The van der Waals surface area contributed by atoms with Gasteiger partial charge in [-0.25, -0.2) is 18.8 Å². The summed E-state index contributed by atoms with van der Waals surface area (Å²) in [6.45, 7) is 0.481. The molecule has 0 saturated carbocycles. The molecule has 0 unspecified atom stereocenters. The van der Waals surface area contributed by atoms with Gasteiger partial charge in [0.05, 0.1) is 5.71 Å². The maximum absolute atomic E-state index is 13.7. The summed E-state index contributed by atoms with van der Waals surface area (Å²) in [6, 6.07) is 21.7. The summed E-state index contributed by atoms with van der Waals surface area (Å²) in [5.41, 5.74) is 3.41. The third kappa shape index (κ3) is 4.03. The van der Waals surface area contributed by atoms with Gasteiger partial charge in [-0.1, -0.05) is 60.7 Å². The first-order valence-electron chi connectivity index (χ1n) is 10.3. The number of aromatic nitrogens is 3. The number of halogens is 2. The van der Waals surface area contributed by atoms with Gasteiger partial charge in [-0.05, 0) is 0 Å². The van der Waals surface area contributed by atoms with Crippen LogP contribution in [0.15, 0.2) is 84.1 Å². The molecule has 156 valence electrons.